The molecule has 0 radical (unpaired) electrons. The van der Waals surface area contributed by atoms with Crippen LogP contribution < -0.4 is 0 Å². The maximum atomic E-state index is 9.60. The van der Waals surface area contributed by atoms with E-state index in [2.05, 4.69) is 9.88 Å². The summed E-state index contributed by atoms with van der Waals surface area (Å²) < 4.78 is 0. The van der Waals surface area contributed by atoms with Crippen LogP contribution in [-0.4, -0.2) is 35.6 Å². The standard InChI is InChI=1S/C9H16N2O/c1-11(2)7-5-9(12)8-4-3-6-10-8/h3-4,6,9-10,12H,5,7H2,1-2H3. The highest BCUT2D eigenvalue weighted by molar-refractivity contribution is 5.06. The fourth-order valence-electron chi connectivity index (χ4n) is 1.09. The summed E-state index contributed by atoms with van der Waals surface area (Å²) in [6.07, 6.45) is 2.24. The summed E-state index contributed by atoms with van der Waals surface area (Å²) in [7, 11) is 4.00. The van der Waals surface area contributed by atoms with Crippen molar-refractivity contribution in [3.63, 3.8) is 0 Å². The summed E-state index contributed by atoms with van der Waals surface area (Å²) in [6, 6.07) is 3.80. The highest BCUT2D eigenvalue weighted by Crippen LogP contribution is 2.13. The van der Waals surface area contributed by atoms with Gasteiger partial charge in [0, 0.05) is 18.4 Å². The molecule has 0 saturated heterocycles. The predicted octanol–water partition coefficient (Wildman–Crippen LogP) is 1.000. The van der Waals surface area contributed by atoms with E-state index < -0.39 is 0 Å². The lowest BCUT2D eigenvalue weighted by atomic mass is 10.2. The molecule has 1 unspecified atom stereocenters. The van der Waals surface area contributed by atoms with Crippen molar-refractivity contribution in [3.8, 4) is 0 Å². The van der Waals surface area contributed by atoms with E-state index in [1.165, 1.54) is 0 Å². The van der Waals surface area contributed by atoms with Crippen LogP contribution in [0.5, 0.6) is 0 Å². The Morgan fingerprint density at radius 1 is 1.58 bits per heavy atom. The lowest BCUT2D eigenvalue weighted by molar-refractivity contribution is 0.150. The van der Waals surface area contributed by atoms with Crippen molar-refractivity contribution in [3.05, 3.63) is 24.0 Å². The molecule has 0 amide bonds. The van der Waals surface area contributed by atoms with Gasteiger partial charge < -0.3 is 15.0 Å². The van der Waals surface area contributed by atoms with Crippen molar-refractivity contribution in [1.82, 2.24) is 9.88 Å². The average Bonchev–Trinajstić information content (AvgIpc) is 2.51. The third-order valence-electron chi connectivity index (χ3n) is 1.83. The fraction of sp³-hybridized carbons (Fsp3) is 0.556. The molecule has 68 valence electrons. The first kappa shape index (κ1) is 9.29. The lowest BCUT2D eigenvalue weighted by Gasteiger charge is -2.12. The highest BCUT2D eigenvalue weighted by atomic mass is 16.3. The van der Waals surface area contributed by atoms with Gasteiger partial charge in [0.2, 0.25) is 0 Å². The minimum Gasteiger partial charge on any atom is -0.387 e. The van der Waals surface area contributed by atoms with Crippen molar-refractivity contribution in [1.29, 1.82) is 0 Å². The van der Waals surface area contributed by atoms with Crippen LogP contribution in [0, 0.1) is 0 Å². The Bertz CT molecular complexity index is 206. The topological polar surface area (TPSA) is 39.3 Å². The van der Waals surface area contributed by atoms with E-state index in [1.54, 1.807) is 0 Å². The summed E-state index contributed by atoms with van der Waals surface area (Å²) in [5.74, 6) is 0. The third kappa shape index (κ3) is 2.68. The Hall–Kier alpha value is -0.800. The summed E-state index contributed by atoms with van der Waals surface area (Å²) in [4.78, 5) is 5.05. The fourth-order valence-corrected chi connectivity index (χ4v) is 1.09. The van der Waals surface area contributed by atoms with Crippen molar-refractivity contribution in [2.45, 2.75) is 12.5 Å². The first-order chi connectivity index (χ1) is 5.70. The molecule has 0 saturated carbocycles. The normalized spacial score (nSPS) is 13.7. The first-order valence-electron chi connectivity index (χ1n) is 4.16. The van der Waals surface area contributed by atoms with Crippen LogP contribution in [0.3, 0.4) is 0 Å². The summed E-state index contributed by atoms with van der Waals surface area (Å²) in [5, 5.41) is 9.60. The van der Waals surface area contributed by atoms with Crippen molar-refractivity contribution in [2.75, 3.05) is 20.6 Å². The van der Waals surface area contributed by atoms with E-state index in [-0.39, 0.29) is 6.10 Å². The molecular formula is C9H16N2O. The third-order valence-corrected chi connectivity index (χ3v) is 1.83. The molecule has 1 heterocycles. The van der Waals surface area contributed by atoms with Gasteiger partial charge in [-0.05, 0) is 32.6 Å². The molecule has 2 N–H and O–H groups in total. The quantitative estimate of drug-likeness (QED) is 0.704. The molecule has 1 aromatic heterocycles. The monoisotopic (exact) mass is 168 g/mol. The SMILES string of the molecule is CN(C)CCC(O)c1ccc[nH]1. The molecule has 12 heavy (non-hydrogen) atoms. The molecule has 1 atom stereocenters. The average molecular weight is 168 g/mol. The van der Waals surface area contributed by atoms with E-state index in [0.717, 1.165) is 18.7 Å². The van der Waals surface area contributed by atoms with Crippen LogP contribution in [0.1, 0.15) is 18.2 Å². The van der Waals surface area contributed by atoms with E-state index in [1.807, 2.05) is 32.4 Å². The van der Waals surface area contributed by atoms with Crippen LogP contribution >= 0.6 is 0 Å². The maximum absolute atomic E-state index is 9.60. The second-order valence-corrected chi connectivity index (χ2v) is 3.23. The van der Waals surface area contributed by atoms with E-state index >= 15 is 0 Å². The number of H-pyrrole nitrogens is 1. The van der Waals surface area contributed by atoms with Gasteiger partial charge in [0.1, 0.15) is 0 Å². The van der Waals surface area contributed by atoms with E-state index in [0.29, 0.717) is 0 Å². The Labute approximate surface area is 73.0 Å². The number of aromatic amines is 1. The summed E-state index contributed by atoms with van der Waals surface area (Å²) in [5.41, 5.74) is 0.900. The molecule has 1 aromatic rings. The molecular weight excluding hydrogens is 152 g/mol. The Morgan fingerprint density at radius 3 is 2.83 bits per heavy atom. The number of hydrogen-bond donors (Lipinski definition) is 2. The number of rotatable bonds is 4. The number of aromatic nitrogens is 1. The van der Waals surface area contributed by atoms with Gasteiger partial charge in [0.25, 0.3) is 0 Å². The van der Waals surface area contributed by atoms with Crippen molar-refractivity contribution >= 4 is 0 Å². The van der Waals surface area contributed by atoms with Crippen LogP contribution in [0.2, 0.25) is 0 Å². The van der Waals surface area contributed by atoms with Crippen LogP contribution in [0.25, 0.3) is 0 Å². The number of aliphatic hydroxyl groups excluding tert-OH is 1. The van der Waals surface area contributed by atoms with Gasteiger partial charge in [-0.1, -0.05) is 0 Å². The van der Waals surface area contributed by atoms with Crippen LogP contribution in [0.15, 0.2) is 18.3 Å². The molecule has 1 rings (SSSR count). The zero-order valence-corrected chi connectivity index (χ0v) is 7.62. The molecule has 0 fully saturated rings. The molecule has 0 aromatic carbocycles. The Morgan fingerprint density at radius 2 is 2.33 bits per heavy atom. The second-order valence-electron chi connectivity index (χ2n) is 3.23. The van der Waals surface area contributed by atoms with Crippen molar-refractivity contribution in [2.24, 2.45) is 0 Å². The second kappa shape index (κ2) is 4.28. The van der Waals surface area contributed by atoms with Gasteiger partial charge >= 0.3 is 0 Å². The molecule has 0 spiro atoms. The van der Waals surface area contributed by atoms with Crippen LogP contribution in [0.4, 0.5) is 0 Å². The number of nitrogens with zero attached hydrogens (tertiary/aromatic N) is 1. The summed E-state index contributed by atoms with van der Waals surface area (Å²) >= 11 is 0. The molecule has 3 heteroatoms. The Balaban J connectivity index is 2.34. The van der Waals surface area contributed by atoms with E-state index in [9.17, 15) is 5.11 Å². The molecule has 0 bridgehead atoms. The minimum absolute atomic E-state index is 0.359. The van der Waals surface area contributed by atoms with Crippen molar-refractivity contribution < 1.29 is 5.11 Å². The zero-order chi connectivity index (χ0) is 8.97. The highest BCUT2D eigenvalue weighted by Gasteiger charge is 2.07. The molecule has 0 aliphatic rings. The minimum atomic E-state index is -0.359. The van der Waals surface area contributed by atoms with Gasteiger partial charge in [-0.25, -0.2) is 0 Å². The number of hydrogen-bond acceptors (Lipinski definition) is 2. The van der Waals surface area contributed by atoms with Crippen LogP contribution in [-0.2, 0) is 0 Å². The predicted molar refractivity (Wildman–Crippen MR) is 48.9 cm³/mol. The summed E-state index contributed by atoms with van der Waals surface area (Å²) in [6.45, 7) is 0.903. The van der Waals surface area contributed by atoms with Gasteiger partial charge in [-0.15, -0.1) is 0 Å². The number of nitrogens with one attached hydrogen (secondary N) is 1. The zero-order valence-electron chi connectivity index (χ0n) is 7.62. The molecule has 0 aliphatic carbocycles. The van der Waals surface area contributed by atoms with E-state index in [4.69, 9.17) is 0 Å². The maximum Gasteiger partial charge on any atom is 0.0949 e. The molecule has 3 nitrogen and oxygen atoms in total. The van der Waals surface area contributed by atoms with Gasteiger partial charge in [-0.2, -0.15) is 0 Å². The first-order valence-corrected chi connectivity index (χ1v) is 4.16. The van der Waals surface area contributed by atoms with Gasteiger partial charge in [0.15, 0.2) is 0 Å². The van der Waals surface area contributed by atoms with Gasteiger partial charge in [0.05, 0.1) is 6.10 Å². The van der Waals surface area contributed by atoms with Gasteiger partial charge in [-0.3, -0.25) is 0 Å². The lowest BCUT2D eigenvalue weighted by Crippen LogP contribution is -2.15. The number of aliphatic hydroxyl groups is 1. The molecule has 0 aliphatic heterocycles. The largest absolute Gasteiger partial charge is 0.387 e. The smallest absolute Gasteiger partial charge is 0.0949 e. The Kier molecular flexibility index (Phi) is 3.31.